The molecule has 0 aliphatic carbocycles. The number of fused-ring (bicyclic) bond motifs is 1. The number of methoxy groups -OCH3 is 1. The summed E-state index contributed by atoms with van der Waals surface area (Å²) in [7, 11) is 3.59. The summed E-state index contributed by atoms with van der Waals surface area (Å²) in [5.74, 6) is 0.132. The average Bonchev–Trinajstić information content (AvgIpc) is 3.55. The van der Waals surface area contributed by atoms with Gasteiger partial charge in [0.15, 0.2) is 6.61 Å². The smallest absolute Gasteiger partial charge is 0.344 e. The van der Waals surface area contributed by atoms with Gasteiger partial charge in [-0.2, -0.15) is 0 Å². The number of likely N-dealkylation sites (N-methyl/N-ethyl adjacent to an activating group) is 1. The Kier molecular flexibility index (Phi) is 8.74. The first-order chi connectivity index (χ1) is 18.1. The molecule has 204 valence electrons. The van der Waals surface area contributed by atoms with Gasteiger partial charge in [-0.25, -0.2) is 4.79 Å². The number of ether oxygens (including phenoxy) is 3. The highest BCUT2D eigenvalue weighted by atomic mass is 16.6. The van der Waals surface area contributed by atoms with Crippen molar-refractivity contribution >= 4 is 22.8 Å². The quantitative estimate of drug-likeness (QED) is 0.360. The first-order valence-electron chi connectivity index (χ1n) is 13.0. The highest BCUT2D eigenvalue weighted by Crippen LogP contribution is 2.28. The Morgan fingerprint density at radius 3 is 2.68 bits per heavy atom. The van der Waals surface area contributed by atoms with Crippen molar-refractivity contribution in [1.29, 1.82) is 0 Å². The standard InChI is InChI=1S/C30H38N2O6/c1-30(2,3)38-29(34)20-37-23-10-6-9-22(16-23)26(19-32-14-12-24(18-32)35-5)31(4)28(33)17-21-8-7-11-27-25(21)13-15-36-27/h6-11,13,15-16,24,26H,12,14,17-20H2,1-5H3/t24?,26-/m1/s1. The Labute approximate surface area is 224 Å². The Hall–Kier alpha value is -3.36. The van der Waals surface area contributed by atoms with Gasteiger partial charge in [0, 0.05) is 39.2 Å². The SMILES string of the molecule is COC1CCN(C[C@H](c2cccc(OCC(=O)OC(C)(C)C)c2)N(C)C(=O)Cc2cccc3occc23)C1. The molecule has 1 unspecified atom stereocenters. The summed E-state index contributed by atoms with van der Waals surface area (Å²) in [5.41, 5.74) is 2.06. The number of rotatable bonds is 10. The number of esters is 1. The van der Waals surface area contributed by atoms with Crippen LogP contribution in [0.3, 0.4) is 0 Å². The zero-order chi connectivity index (χ0) is 27.3. The predicted octanol–water partition coefficient (Wildman–Crippen LogP) is 4.62. The molecule has 1 aliphatic rings. The van der Waals surface area contributed by atoms with E-state index in [1.165, 1.54) is 0 Å². The zero-order valence-corrected chi connectivity index (χ0v) is 22.9. The zero-order valence-electron chi connectivity index (χ0n) is 22.9. The number of carbonyl (C=O) groups is 2. The lowest BCUT2D eigenvalue weighted by Gasteiger charge is -2.32. The van der Waals surface area contributed by atoms with E-state index in [9.17, 15) is 9.59 Å². The molecule has 1 amide bonds. The van der Waals surface area contributed by atoms with Crippen molar-refractivity contribution in [2.24, 2.45) is 0 Å². The fraction of sp³-hybridized carbons (Fsp3) is 0.467. The van der Waals surface area contributed by atoms with Gasteiger partial charge in [0.25, 0.3) is 0 Å². The van der Waals surface area contributed by atoms with Crippen LogP contribution in [-0.4, -0.2) is 73.8 Å². The highest BCUT2D eigenvalue weighted by molar-refractivity contribution is 5.87. The van der Waals surface area contributed by atoms with Crippen LogP contribution in [0.1, 0.15) is 44.4 Å². The van der Waals surface area contributed by atoms with Crippen molar-refractivity contribution in [1.82, 2.24) is 9.80 Å². The van der Waals surface area contributed by atoms with Crippen LogP contribution in [0.15, 0.2) is 59.2 Å². The van der Waals surface area contributed by atoms with E-state index in [1.54, 1.807) is 13.4 Å². The minimum absolute atomic E-state index is 0.00580. The van der Waals surface area contributed by atoms with Crippen LogP contribution in [0, 0.1) is 0 Å². The molecule has 2 heterocycles. The number of furan rings is 1. The third-order valence-electron chi connectivity index (χ3n) is 6.80. The number of nitrogens with zero attached hydrogens (tertiary/aromatic N) is 2. The van der Waals surface area contributed by atoms with E-state index in [1.807, 2.05) is 81.2 Å². The van der Waals surface area contributed by atoms with Gasteiger partial charge >= 0.3 is 5.97 Å². The average molecular weight is 523 g/mol. The lowest BCUT2D eigenvalue weighted by molar-refractivity contribution is -0.157. The second kappa shape index (κ2) is 12.0. The van der Waals surface area contributed by atoms with Crippen molar-refractivity contribution in [3.8, 4) is 5.75 Å². The third-order valence-corrected chi connectivity index (χ3v) is 6.80. The van der Waals surface area contributed by atoms with E-state index in [-0.39, 0.29) is 31.1 Å². The highest BCUT2D eigenvalue weighted by Gasteiger charge is 2.29. The molecule has 1 aromatic heterocycles. The predicted molar refractivity (Wildman–Crippen MR) is 145 cm³/mol. The Balaban J connectivity index is 1.52. The number of hydrogen-bond acceptors (Lipinski definition) is 7. The monoisotopic (exact) mass is 522 g/mol. The summed E-state index contributed by atoms with van der Waals surface area (Å²) in [4.78, 5) is 29.9. The summed E-state index contributed by atoms with van der Waals surface area (Å²) < 4.78 is 22.2. The molecule has 2 aromatic carbocycles. The van der Waals surface area contributed by atoms with Crippen LogP contribution in [0.2, 0.25) is 0 Å². The Morgan fingerprint density at radius 2 is 1.95 bits per heavy atom. The Morgan fingerprint density at radius 1 is 1.16 bits per heavy atom. The first kappa shape index (κ1) is 27.7. The maximum Gasteiger partial charge on any atom is 0.344 e. The molecule has 3 aromatic rings. The van der Waals surface area contributed by atoms with Crippen molar-refractivity contribution in [2.45, 2.75) is 51.4 Å². The van der Waals surface area contributed by atoms with Crippen LogP contribution in [0.4, 0.5) is 0 Å². The van der Waals surface area contributed by atoms with E-state index < -0.39 is 11.6 Å². The van der Waals surface area contributed by atoms with E-state index in [2.05, 4.69) is 4.90 Å². The molecular weight excluding hydrogens is 484 g/mol. The summed E-state index contributed by atoms with van der Waals surface area (Å²) in [6.07, 6.45) is 3.06. The molecule has 0 N–H and O–H groups in total. The van der Waals surface area contributed by atoms with Gasteiger partial charge in [-0.15, -0.1) is 0 Å². The van der Waals surface area contributed by atoms with Crippen LogP contribution in [0.25, 0.3) is 11.0 Å². The van der Waals surface area contributed by atoms with Crippen molar-refractivity contribution in [3.63, 3.8) is 0 Å². The number of likely N-dealkylation sites (tertiary alicyclic amines) is 1. The largest absolute Gasteiger partial charge is 0.482 e. The molecule has 8 heteroatoms. The summed E-state index contributed by atoms with van der Waals surface area (Å²) in [6.45, 7) is 7.66. The van der Waals surface area contributed by atoms with Crippen molar-refractivity contribution < 1.29 is 28.2 Å². The molecule has 0 spiro atoms. The topological polar surface area (TPSA) is 81.5 Å². The number of amides is 1. The lowest BCUT2D eigenvalue weighted by atomic mass is 10.0. The molecule has 0 bridgehead atoms. The minimum Gasteiger partial charge on any atom is -0.482 e. The summed E-state index contributed by atoms with van der Waals surface area (Å²) >= 11 is 0. The lowest BCUT2D eigenvalue weighted by Crippen LogP contribution is -2.39. The van der Waals surface area contributed by atoms with E-state index in [4.69, 9.17) is 18.6 Å². The normalized spacial score (nSPS) is 16.9. The molecule has 38 heavy (non-hydrogen) atoms. The molecule has 1 fully saturated rings. The molecule has 1 saturated heterocycles. The Bertz CT molecular complexity index is 1250. The fourth-order valence-electron chi connectivity index (χ4n) is 4.85. The van der Waals surface area contributed by atoms with Gasteiger partial charge in [-0.3, -0.25) is 9.69 Å². The van der Waals surface area contributed by atoms with Gasteiger partial charge in [0.05, 0.1) is 24.8 Å². The molecule has 1 aliphatic heterocycles. The molecular formula is C30H38N2O6. The molecule has 4 rings (SSSR count). The number of benzene rings is 2. The maximum absolute atomic E-state index is 13.6. The van der Waals surface area contributed by atoms with Crippen LogP contribution < -0.4 is 4.74 Å². The first-order valence-corrected chi connectivity index (χ1v) is 13.0. The van der Waals surface area contributed by atoms with Crippen LogP contribution >= 0.6 is 0 Å². The van der Waals surface area contributed by atoms with Crippen molar-refractivity contribution in [2.75, 3.05) is 40.4 Å². The number of carbonyl (C=O) groups excluding carboxylic acids is 2. The molecule has 8 nitrogen and oxygen atoms in total. The molecule has 0 saturated carbocycles. The van der Waals surface area contributed by atoms with Gasteiger partial charge in [-0.1, -0.05) is 24.3 Å². The molecule has 2 atom stereocenters. The second-order valence-corrected chi connectivity index (χ2v) is 10.8. The summed E-state index contributed by atoms with van der Waals surface area (Å²) in [6, 6.07) is 15.1. The van der Waals surface area contributed by atoms with Gasteiger partial charge < -0.3 is 23.5 Å². The second-order valence-electron chi connectivity index (χ2n) is 10.8. The van der Waals surface area contributed by atoms with Crippen LogP contribution in [-0.2, 0) is 25.5 Å². The number of hydrogen-bond donors (Lipinski definition) is 0. The third kappa shape index (κ3) is 7.14. The van der Waals surface area contributed by atoms with Crippen LogP contribution in [0.5, 0.6) is 5.75 Å². The van der Waals surface area contributed by atoms with Crippen molar-refractivity contribution in [3.05, 3.63) is 65.9 Å². The fourth-order valence-corrected chi connectivity index (χ4v) is 4.85. The minimum atomic E-state index is -0.576. The molecule has 0 radical (unpaired) electrons. The van der Waals surface area contributed by atoms with E-state index >= 15 is 0 Å². The van der Waals surface area contributed by atoms with E-state index in [0.29, 0.717) is 12.3 Å². The van der Waals surface area contributed by atoms with Gasteiger partial charge in [0.2, 0.25) is 5.91 Å². The van der Waals surface area contributed by atoms with E-state index in [0.717, 1.165) is 41.6 Å². The maximum atomic E-state index is 13.6. The van der Waals surface area contributed by atoms with Gasteiger partial charge in [0.1, 0.15) is 16.9 Å². The van der Waals surface area contributed by atoms with Gasteiger partial charge in [-0.05, 0) is 62.6 Å². The summed E-state index contributed by atoms with van der Waals surface area (Å²) in [5, 5.41) is 0.950.